The van der Waals surface area contributed by atoms with E-state index >= 15 is 0 Å². The number of aromatic hydroxyl groups is 1. The summed E-state index contributed by atoms with van der Waals surface area (Å²) in [5.74, 6) is -3.38. The molecule has 7 nitrogen and oxygen atoms in total. The quantitative estimate of drug-likeness (QED) is 0.705. The van der Waals surface area contributed by atoms with Gasteiger partial charge >= 0.3 is 5.97 Å². The first-order valence-electron chi connectivity index (χ1n) is 5.56. The molecule has 2 amide bonds. The second-order valence-electron chi connectivity index (χ2n) is 4.29. The molecule has 19 heavy (non-hydrogen) atoms. The summed E-state index contributed by atoms with van der Waals surface area (Å²) in [6, 6.07) is 4.07. The van der Waals surface area contributed by atoms with Crippen LogP contribution in [0, 0.1) is 5.92 Å². The maximum Gasteiger partial charge on any atom is 0.339 e. The van der Waals surface area contributed by atoms with E-state index in [1.54, 1.807) is 0 Å². The fraction of sp³-hybridized carbons (Fsp3) is 0.250. The summed E-state index contributed by atoms with van der Waals surface area (Å²) in [5.41, 5.74) is 4.92. The zero-order chi connectivity index (χ0) is 14.2. The lowest BCUT2D eigenvalue weighted by Gasteiger charge is -2.18. The van der Waals surface area contributed by atoms with Gasteiger partial charge in [0.25, 0.3) is 0 Å². The van der Waals surface area contributed by atoms with Crippen molar-refractivity contribution in [1.82, 2.24) is 0 Å². The van der Waals surface area contributed by atoms with Crippen LogP contribution in [0.1, 0.15) is 16.8 Å². The number of carboxylic acid groups (broad SMARTS) is 1. The van der Waals surface area contributed by atoms with Crippen molar-refractivity contribution in [3.8, 4) is 5.75 Å². The Morgan fingerprint density at radius 2 is 2.05 bits per heavy atom. The molecule has 1 aliphatic rings. The summed E-state index contributed by atoms with van der Waals surface area (Å²) >= 11 is 0. The van der Waals surface area contributed by atoms with Crippen LogP contribution >= 0.6 is 0 Å². The zero-order valence-corrected chi connectivity index (χ0v) is 9.87. The van der Waals surface area contributed by atoms with Gasteiger partial charge in [-0.1, -0.05) is 6.07 Å². The van der Waals surface area contributed by atoms with Gasteiger partial charge in [-0.2, -0.15) is 0 Å². The minimum absolute atomic E-state index is 0.0356. The molecule has 2 rings (SSSR count). The number of anilines is 1. The molecule has 0 radical (unpaired) electrons. The lowest BCUT2D eigenvalue weighted by Crippen LogP contribution is -2.28. The number of benzene rings is 1. The normalized spacial score (nSPS) is 18.6. The van der Waals surface area contributed by atoms with E-state index in [2.05, 4.69) is 0 Å². The number of para-hydroxylation sites is 1. The topological polar surface area (TPSA) is 121 Å². The summed E-state index contributed by atoms with van der Waals surface area (Å²) in [5, 5.41) is 18.8. The first kappa shape index (κ1) is 12.9. The largest absolute Gasteiger partial charge is 0.505 e. The molecule has 0 bridgehead atoms. The van der Waals surface area contributed by atoms with Gasteiger partial charge in [0.1, 0.15) is 5.56 Å². The second kappa shape index (κ2) is 4.60. The highest BCUT2D eigenvalue weighted by Gasteiger charge is 2.35. The Kier molecular flexibility index (Phi) is 3.12. The number of nitrogens with two attached hydrogens (primary N) is 1. The molecule has 0 aliphatic carbocycles. The number of amides is 2. The number of primary amides is 1. The fourth-order valence-electron chi connectivity index (χ4n) is 2.05. The smallest absolute Gasteiger partial charge is 0.339 e. The molecule has 0 aromatic heterocycles. The highest BCUT2D eigenvalue weighted by atomic mass is 16.4. The first-order chi connectivity index (χ1) is 8.91. The molecule has 1 aromatic carbocycles. The maximum absolute atomic E-state index is 11.8. The third-order valence-corrected chi connectivity index (χ3v) is 3.06. The molecule has 1 fully saturated rings. The second-order valence-corrected chi connectivity index (χ2v) is 4.29. The summed E-state index contributed by atoms with van der Waals surface area (Å²) in [6.45, 7) is 0.0464. The number of hydrogen-bond acceptors (Lipinski definition) is 4. The van der Waals surface area contributed by atoms with Crippen LogP contribution < -0.4 is 10.6 Å². The molecule has 1 heterocycles. The van der Waals surface area contributed by atoms with Gasteiger partial charge in [0.05, 0.1) is 11.6 Å². The van der Waals surface area contributed by atoms with Crippen molar-refractivity contribution in [2.24, 2.45) is 11.7 Å². The maximum atomic E-state index is 11.8. The lowest BCUT2D eigenvalue weighted by molar-refractivity contribution is -0.123. The van der Waals surface area contributed by atoms with Crippen molar-refractivity contribution in [2.75, 3.05) is 11.4 Å². The van der Waals surface area contributed by atoms with Crippen molar-refractivity contribution in [1.29, 1.82) is 0 Å². The van der Waals surface area contributed by atoms with E-state index in [0.29, 0.717) is 0 Å². The molecule has 1 aliphatic heterocycles. The molecular formula is C12H12N2O5. The Balaban J connectivity index is 2.38. The van der Waals surface area contributed by atoms with Crippen molar-refractivity contribution < 1.29 is 24.6 Å². The summed E-state index contributed by atoms with van der Waals surface area (Å²) < 4.78 is 0. The fourth-order valence-corrected chi connectivity index (χ4v) is 2.05. The van der Waals surface area contributed by atoms with Gasteiger partial charge in [-0.3, -0.25) is 9.59 Å². The van der Waals surface area contributed by atoms with E-state index in [1.165, 1.54) is 23.1 Å². The summed E-state index contributed by atoms with van der Waals surface area (Å²) in [4.78, 5) is 34.9. The standard InChI is InChI=1S/C12H12N2O5/c13-11(17)6-4-9(15)14(5-6)8-3-1-2-7(10(8)16)12(18)19/h1-3,6,16H,4-5H2,(H2,13,17)(H,18,19). The monoisotopic (exact) mass is 264 g/mol. The Morgan fingerprint density at radius 1 is 1.37 bits per heavy atom. The summed E-state index contributed by atoms with van der Waals surface area (Å²) in [6.07, 6.45) is -0.0356. The Hall–Kier alpha value is -2.57. The van der Waals surface area contributed by atoms with Crippen LogP contribution in [0.2, 0.25) is 0 Å². The average Bonchev–Trinajstić information content (AvgIpc) is 2.71. The number of carbonyl (C=O) groups is 3. The third-order valence-electron chi connectivity index (χ3n) is 3.06. The molecule has 0 spiro atoms. The number of nitrogens with zero attached hydrogens (tertiary/aromatic N) is 1. The molecule has 1 unspecified atom stereocenters. The van der Waals surface area contributed by atoms with Crippen LogP contribution in [0.25, 0.3) is 0 Å². The molecular weight excluding hydrogens is 252 g/mol. The molecule has 1 aromatic rings. The van der Waals surface area contributed by atoms with Crippen molar-refractivity contribution in [3.63, 3.8) is 0 Å². The van der Waals surface area contributed by atoms with Crippen molar-refractivity contribution in [2.45, 2.75) is 6.42 Å². The van der Waals surface area contributed by atoms with E-state index < -0.39 is 23.5 Å². The van der Waals surface area contributed by atoms with Gasteiger partial charge in [0.2, 0.25) is 11.8 Å². The minimum atomic E-state index is -1.29. The van der Waals surface area contributed by atoms with Gasteiger partial charge in [-0.15, -0.1) is 0 Å². The van der Waals surface area contributed by atoms with Crippen molar-refractivity contribution >= 4 is 23.5 Å². The number of phenols is 1. The van der Waals surface area contributed by atoms with E-state index in [0.717, 1.165) is 0 Å². The minimum Gasteiger partial charge on any atom is -0.505 e. The first-order valence-corrected chi connectivity index (χ1v) is 5.56. The summed E-state index contributed by atoms with van der Waals surface area (Å²) in [7, 11) is 0. The van der Waals surface area contributed by atoms with Crippen LogP contribution in [0.4, 0.5) is 5.69 Å². The van der Waals surface area contributed by atoms with Gasteiger partial charge < -0.3 is 20.8 Å². The molecule has 100 valence electrons. The number of carbonyl (C=O) groups excluding carboxylic acids is 2. The van der Waals surface area contributed by atoms with E-state index in [-0.39, 0.29) is 30.1 Å². The van der Waals surface area contributed by atoms with Gasteiger partial charge in [0, 0.05) is 13.0 Å². The van der Waals surface area contributed by atoms with Crippen LogP contribution in [-0.4, -0.2) is 34.5 Å². The van der Waals surface area contributed by atoms with E-state index in [9.17, 15) is 19.5 Å². The van der Waals surface area contributed by atoms with Crippen LogP contribution in [0.15, 0.2) is 18.2 Å². The lowest BCUT2D eigenvalue weighted by atomic mass is 10.1. The Morgan fingerprint density at radius 3 is 2.58 bits per heavy atom. The van der Waals surface area contributed by atoms with E-state index in [4.69, 9.17) is 10.8 Å². The van der Waals surface area contributed by atoms with Crippen LogP contribution in [0.5, 0.6) is 5.75 Å². The predicted octanol–water partition coefficient (Wildman–Crippen LogP) is -0.0714. The highest BCUT2D eigenvalue weighted by Crippen LogP contribution is 2.34. The van der Waals surface area contributed by atoms with Crippen LogP contribution in [0.3, 0.4) is 0 Å². The third kappa shape index (κ3) is 2.22. The average molecular weight is 264 g/mol. The zero-order valence-electron chi connectivity index (χ0n) is 9.87. The molecule has 1 saturated heterocycles. The molecule has 4 N–H and O–H groups in total. The Labute approximate surface area is 108 Å². The number of hydrogen-bond donors (Lipinski definition) is 3. The number of aromatic carboxylic acids is 1. The Bertz CT molecular complexity index is 569. The molecule has 7 heteroatoms. The number of carboxylic acids is 1. The highest BCUT2D eigenvalue weighted by molar-refractivity contribution is 6.03. The molecule has 0 saturated carbocycles. The SMILES string of the molecule is NC(=O)C1CC(=O)N(c2cccc(C(=O)O)c2O)C1. The van der Waals surface area contributed by atoms with Crippen LogP contribution in [-0.2, 0) is 9.59 Å². The van der Waals surface area contributed by atoms with Gasteiger partial charge in [-0.25, -0.2) is 4.79 Å². The molecule has 1 atom stereocenters. The predicted molar refractivity (Wildman–Crippen MR) is 64.7 cm³/mol. The number of rotatable bonds is 3. The van der Waals surface area contributed by atoms with Gasteiger partial charge in [0.15, 0.2) is 5.75 Å². The van der Waals surface area contributed by atoms with Crippen molar-refractivity contribution in [3.05, 3.63) is 23.8 Å². The van der Waals surface area contributed by atoms with E-state index in [1.807, 2.05) is 0 Å². The van der Waals surface area contributed by atoms with Gasteiger partial charge in [-0.05, 0) is 12.1 Å².